The van der Waals surface area contributed by atoms with Crippen molar-refractivity contribution in [1.29, 1.82) is 0 Å². The molecule has 0 spiro atoms. The SMILES string of the molecule is O=C(CSc1nnc(-c2ccc(Br)cc2)n1-c1ccccc1)N/N=C\c1cccc(Cl)c1Cl. The number of aromatic nitrogens is 3. The Bertz CT molecular complexity index is 1300. The van der Waals surface area contributed by atoms with Crippen LogP contribution in [0.3, 0.4) is 0 Å². The zero-order chi connectivity index (χ0) is 23.2. The summed E-state index contributed by atoms with van der Waals surface area (Å²) >= 11 is 16.8. The van der Waals surface area contributed by atoms with E-state index in [0.717, 1.165) is 15.7 Å². The van der Waals surface area contributed by atoms with Crippen molar-refractivity contribution in [2.75, 3.05) is 5.75 Å². The summed E-state index contributed by atoms with van der Waals surface area (Å²) in [5, 5.41) is 14.1. The van der Waals surface area contributed by atoms with Gasteiger partial charge < -0.3 is 0 Å². The summed E-state index contributed by atoms with van der Waals surface area (Å²) in [5.41, 5.74) is 4.92. The zero-order valence-electron chi connectivity index (χ0n) is 17.0. The molecule has 1 N–H and O–H groups in total. The number of hydrazone groups is 1. The van der Waals surface area contributed by atoms with E-state index in [1.54, 1.807) is 18.2 Å². The molecule has 0 radical (unpaired) electrons. The van der Waals surface area contributed by atoms with Gasteiger partial charge in [-0.1, -0.05) is 93.4 Å². The van der Waals surface area contributed by atoms with E-state index in [2.05, 4.69) is 36.7 Å². The van der Waals surface area contributed by atoms with E-state index >= 15 is 0 Å². The third kappa shape index (κ3) is 5.83. The molecule has 0 fully saturated rings. The van der Waals surface area contributed by atoms with Gasteiger partial charge in [-0.05, 0) is 30.3 Å². The molecular formula is C23H16BrCl2N5OS. The van der Waals surface area contributed by atoms with E-state index in [1.807, 2.05) is 59.2 Å². The average Bonchev–Trinajstić information content (AvgIpc) is 3.25. The maximum atomic E-state index is 12.4. The second-order valence-electron chi connectivity index (χ2n) is 6.71. The quantitative estimate of drug-likeness (QED) is 0.165. The van der Waals surface area contributed by atoms with Crippen molar-refractivity contribution in [1.82, 2.24) is 20.2 Å². The van der Waals surface area contributed by atoms with Crippen LogP contribution in [0.15, 0.2) is 87.5 Å². The summed E-state index contributed by atoms with van der Waals surface area (Å²) < 4.78 is 2.90. The van der Waals surface area contributed by atoms with Gasteiger partial charge in [-0.15, -0.1) is 10.2 Å². The van der Waals surface area contributed by atoms with Gasteiger partial charge in [0.1, 0.15) is 0 Å². The molecule has 1 aromatic heterocycles. The van der Waals surface area contributed by atoms with Crippen LogP contribution in [0.25, 0.3) is 17.1 Å². The molecule has 1 heterocycles. The number of thioether (sulfide) groups is 1. The normalized spacial score (nSPS) is 11.1. The van der Waals surface area contributed by atoms with Gasteiger partial charge in [0.05, 0.1) is 22.0 Å². The Morgan fingerprint density at radius 1 is 1.03 bits per heavy atom. The molecule has 0 unspecified atom stereocenters. The minimum atomic E-state index is -0.290. The van der Waals surface area contributed by atoms with Gasteiger partial charge in [-0.3, -0.25) is 9.36 Å². The van der Waals surface area contributed by atoms with Crippen molar-refractivity contribution in [3.63, 3.8) is 0 Å². The first kappa shape index (κ1) is 23.5. The summed E-state index contributed by atoms with van der Waals surface area (Å²) in [4.78, 5) is 12.4. The number of hydrogen-bond donors (Lipinski definition) is 1. The third-order valence-electron chi connectivity index (χ3n) is 4.46. The number of amides is 1. The monoisotopic (exact) mass is 559 g/mol. The number of benzene rings is 3. The third-order valence-corrected chi connectivity index (χ3v) is 6.75. The standard InChI is InChI=1S/C23H16BrCl2N5OS/c24-17-11-9-15(10-12-17)22-29-30-23(31(22)18-6-2-1-3-7-18)33-14-20(32)28-27-13-16-5-4-8-19(25)21(16)26/h1-13H,14H2,(H,28,32)/b27-13-. The van der Waals surface area contributed by atoms with E-state index in [9.17, 15) is 4.79 Å². The highest BCUT2D eigenvalue weighted by Gasteiger charge is 2.17. The first-order valence-corrected chi connectivity index (χ1v) is 12.2. The molecule has 4 rings (SSSR count). The van der Waals surface area contributed by atoms with Crippen molar-refractivity contribution in [3.8, 4) is 17.1 Å². The Labute approximate surface area is 213 Å². The number of para-hydroxylation sites is 1. The lowest BCUT2D eigenvalue weighted by Crippen LogP contribution is -2.20. The minimum Gasteiger partial charge on any atom is -0.272 e. The highest BCUT2D eigenvalue weighted by atomic mass is 79.9. The maximum absolute atomic E-state index is 12.4. The number of carbonyl (C=O) groups is 1. The molecule has 6 nitrogen and oxygen atoms in total. The fraction of sp³-hybridized carbons (Fsp3) is 0.0435. The number of hydrogen-bond acceptors (Lipinski definition) is 5. The number of nitrogens with one attached hydrogen (secondary N) is 1. The van der Waals surface area contributed by atoms with Crippen molar-refractivity contribution >= 4 is 63.0 Å². The lowest BCUT2D eigenvalue weighted by molar-refractivity contribution is -0.118. The van der Waals surface area contributed by atoms with Crippen LogP contribution in [0.1, 0.15) is 5.56 Å². The fourth-order valence-corrected chi connectivity index (χ4v) is 4.28. The van der Waals surface area contributed by atoms with Crippen molar-refractivity contribution in [3.05, 3.63) is 92.9 Å². The predicted octanol–water partition coefficient (Wildman–Crippen LogP) is 6.25. The number of nitrogens with zero attached hydrogens (tertiary/aromatic N) is 4. The van der Waals surface area contributed by atoms with Crippen LogP contribution in [0.2, 0.25) is 10.0 Å². The Morgan fingerprint density at radius 2 is 1.79 bits per heavy atom. The fourth-order valence-electron chi connectivity index (χ4n) is 2.92. The molecule has 0 saturated heterocycles. The molecule has 1 amide bonds. The van der Waals surface area contributed by atoms with Crippen LogP contribution in [-0.2, 0) is 4.79 Å². The van der Waals surface area contributed by atoms with E-state index < -0.39 is 0 Å². The Kier molecular flexibility index (Phi) is 7.82. The first-order valence-electron chi connectivity index (χ1n) is 9.68. The summed E-state index contributed by atoms with van der Waals surface area (Å²) in [7, 11) is 0. The molecule has 33 heavy (non-hydrogen) atoms. The van der Waals surface area contributed by atoms with E-state index in [-0.39, 0.29) is 11.7 Å². The molecule has 0 aliphatic heterocycles. The summed E-state index contributed by atoms with van der Waals surface area (Å²) in [6.07, 6.45) is 1.45. The predicted molar refractivity (Wildman–Crippen MR) is 137 cm³/mol. The minimum absolute atomic E-state index is 0.103. The Morgan fingerprint density at radius 3 is 2.55 bits per heavy atom. The highest BCUT2D eigenvalue weighted by Crippen LogP contribution is 2.28. The molecule has 0 bridgehead atoms. The number of carbonyl (C=O) groups excluding carboxylic acids is 1. The van der Waals surface area contributed by atoms with Crippen LogP contribution in [-0.4, -0.2) is 32.6 Å². The number of rotatable bonds is 7. The van der Waals surface area contributed by atoms with Gasteiger partial charge in [0.2, 0.25) is 0 Å². The smallest absolute Gasteiger partial charge is 0.250 e. The van der Waals surface area contributed by atoms with Gasteiger partial charge in [0.25, 0.3) is 5.91 Å². The molecule has 4 aromatic rings. The second-order valence-corrected chi connectivity index (χ2v) is 9.35. The molecule has 0 aliphatic carbocycles. The highest BCUT2D eigenvalue weighted by molar-refractivity contribution is 9.10. The molecular weight excluding hydrogens is 545 g/mol. The first-order chi connectivity index (χ1) is 16.0. The summed E-state index contributed by atoms with van der Waals surface area (Å²) in [6, 6.07) is 22.8. The topological polar surface area (TPSA) is 72.2 Å². The molecule has 166 valence electrons. The summed E-state index contributed by atoms with van der Waals surface area (Å²) in [6.45, 7) is 0. The van der Waals surface area contributed by atoms with Gasteiger partial charge in [0.15, 0.2) is 11.0 Å². The average molecular weight is 561 g/mol. The largest absolute Gasteiger partial charge is 0.272 e. The van der Waals surface area contributed by atoms with E-state index in [4.69, 9.17) is 23.2 Å². The van der Waals surface area contributed by atoms with Crippen molar-refractivity contribution in [2.24, 2.45) is 5.10 Å². The second kappa shape index (κ2) is 11.0. The lowest BCUT2D eigenvalue weighted by Gasteiger charge is -2.10. The Hall–Kier alpha value is -2.65. The van der Waals surface area contributed by atoms with Crippen LogP contribution in [0.4, 0.5) is 0 Å². The lowest BCUT2D eigenvalue weighted by atomic mass is 10.2. The molecule has 0 atom stereocenters. The van der Waals surface area contributed by atoms with Gasteiger partial charge in [0, 0.05) is 21.3 Å². The molecule has 0 saturated carbocycles. The molecule has 0 aliphatic rings. The number of halogens is 3. The van der Waals surface area contributed by atoms with Crippen molar-refractivity contribution < 1.29 is 4.79 Å². The van der Waals surface area contributed by atoms with Crippen LogP contribution in [0, 0.1) is 0 Å². The molecule has 3 aromatic carbocycles. The maximum Gasteiger partial charge on any atom is 0.250 e. The van der Waals surface area contributed by atoms with E-state index in [0.29, 0.717) is 26.6 Å². The zero-order valence-corrected chi connectivity index (χ0v) is 20.9. The van der Waals surface area contributed by atoms with Crippen LogP contribution < -0.4 is 5.43 Å². The van der Waals surface area contributed by atoms with Crippen LogP contribution >= 0.6 is 50.9 Å². The molecule has 10 heteroatoms. The van der Waals surface area contributed by atoms with Gasteiger partial charge >= 0.3 is 0 Å². The summed E-state index contributed by atoms with van der Waals surface area (Å²) in [5.74, 6) is 0.499. The Balaban J connectivity index is 1.50. The van der Waals surface area contributed by atoms with Gasteiger partial charge in [-0.2, -0.15) is 5.10 Å². The van der Waals surface area contributed by atoms with E-state index in [1.165, 1.54) is 18.0 Å². The van der Waals surface area contributed by atoms with Gasteiger partial charge in [-0.25, -0.2) is 5.43 Å². The van der Waals surface area contributed by atoms with Crippen molar-refractivity contribution in [2.45, 2.75) is 5.16 Å². The van der Waals surface area contributed by atoms with Crippen LogP contribution in [0.5, 0.6) is 0 Å².